The summed E-state index contributed by atoms with van der Waals surface area (Å²) in [5.41, 5.74) is -1.61. The molecule has 0 radical (unpaired) electrons. The number of halogens is 7. The molecule has 4 rings (SSSR count). The number of benzene rings is 2. The standard InChI is InChI=1S/C31H30F7NO2.C2H5NO/c1-17-10-23(32)8-9-24(17)25-15-27(19-6-4-18(5-7-19)11-28(40)41)39-16-26(25)29(2,3)20-12-21(30(33,34)35)14-22(13-20)31(36,37)38;1-3-2-4/h8-10,12-16,18-19H,4-7,11H2,1-3H3,(H,40,41);2H,1H3,(H,3,4). The smallest absolute Gasteiger partial charge is 0.416 e. The Morgan fingerprint density at radius 1 is 0.911 bits per heavy atom. The summed E-state index contributed by atoms with van der Waals surface area (Å²) in [6.07, 6.45) is -5.01. The molecule has 12 heteroatoms. The number of aromatic nitrogens is 1. The Hall–Kier alpha value is -3.96. The maximum absolute atomic E-state index is 14.0. The molecular formula is C33H35F7N2O3. The molecule has 1 saturated carbocycles. The average molecular weight is 641 g/mol. The number of aliphatic carboxylic acids is 1. The molecular weight excluding hydrogens is 605 g/mol. The number of nitrogens with zero attached hydrogens (tertiary/aromatic N) is 1. The van der Waals surface area contributed by atoms with Crippen molar-refractivity contribution in [2.24, 2.45) is 5.92 Å². The van der Waals surface area contributed by atoms with Crippen molar-refractivity contribution in [3.05, 3.63) is 88.0 Å². The lowest BCUT2D eigenvalue weighted by Gasteiger charge is -2.32. The third kappa shape index (κ3) is 8.82. The second kappa shape index (κ2) is 14.0. The highest BCUT2D eigenvalue weighted by Crippen LogP contribution is 2.45. The molecule has 3 aromatic rings. The van der Waals surface area contributed by atoms with E-state index in [1.165, 1.54) is 18.3 Å². The molecule has 1 aliphatic carbocycles. The molecule has 5 nitrogen and oxygen atoms in total. The average Bonchev–Trinajstić information content (AvgIpc) is 2.96. The maximum atomic E-state index is 14.0. The van der Waals surface area contributed by atoms with Crippen molar-refractivity contribution in [3.63, 3.8) is 0 Å². The lowest BCUT2D eigenvalue weighted by atomic mass is 9.73. The largest absolute Gasteiger partial charge is 0.481 e. The summed E-state index contributed by atoms with van der Waals surface area (Å²) in [4.78, 5) is 24.8. The summed E-state index contributed by atoms with van der Waals surface area (Å²) in [5, 5.41) is 11.4. The fraction of sp³-hybridized carbons (Fsp3) is 0.424. The summed E-state index contributed by atoms with van der Waals surface area (Å²) in [7, 11) is 1.56. The number of alkyl halides is 6. The van der Waals surface area contributed by atoms with E-state index in [1.54, 1.807) is 40.0 Å². The Labute approximate surface area is 256 Å². The van der Waals surface area contributed by atoms with Crippen molar-refractivity contribution < 1.29 is 45.4 Å². The molecule has 2 N–H and O–H groups in total. The number of rotatable bonds is 7. The molecule has 0 atom stereocenters. The molecule has 1 aliphatic rings. The number of hydrogen-bond donors (Lipinski definition) is 2. The number of carboxylic acid groups (broad SMARTS) is 1. The Morgan fingerprint density at radius 2 is 1.44 bits per heavy atom. The van der Waals surface area contributed by atoms with Gasteiger partial charge in [0.25, 0.3) is 0 Å². The number of amides is 1. The summed E-state index contributed by atoms with van der Waals surface area (Å²) in [6, 6.07) is 7.46. The minimum Gasteiger partial charge on any atom is -0.481 e. The number of nitrogens with one attached hydrogen (secondary N) is 1. The van der Waals surface area contributed by atoms with E-state index < -0.39 is 40.7 Å². The predicted molar refractivity (Wildman–Crippen MR) is 155 cm³/mol. The van der Waals surface area contributed by atoms with Crippen molar-refractivity contribution in [3.8, 4) is 11.1 Å². The van der Waals surface area contributed by atoms with Crippen molar-refractivity contribution in [1.29, 1.82) is 0 Å². The first-order valence-corrected chi connectivity index (χ1v) is 14.3. The number of carbonyl (C=O) groups is 2. The molecule has 244 valence electrons. The first kappa shape index (κ1) is 35.5. The fourth-order valence-electron chi connectivity index (χ4n) is 5.73. The van der Waals surface area contributed by atoms with Crippen LogP contribution in [0.25, 0.3) is 11.1 Å². The van der Waals surface area contributed by atoms with Gasteiger partial charge in [0, 0.05) is 36.7 Å². The molecule has 0 spiro atoms. The van der Waals surface area contributed by atoms with Crippen molar-refractivity contribution in [2.45, 2.75) is 76.6 Å². The number of hydrogen-bond acceptors (Lipinski definition) is 3. The third-order valence-corrected chi connectivity index (χ3v) is 8.23. The van der Waals surface area contributed by atoms with Crippen molar-refractivity contribution in [1.82, 2.24) is 10.3 Å². The van der Waals surface area contributed by atoms with Gasteiger partial charge < -0.3 is 10.4 Å². The zero-order chi connectivity index (χ0) is 33.7. The first-order valence-electron chi connectivity index (χ1n) is 14.3. The van der Waals surface area contributed by atoms with Crippen LogP contribution in [0.15, 0.2) is 48.7 Å². The summed E-state index contributed by atoms with van der Waals surface area (Å²) < 4.78 is 96.0. The topological polar surface area (TPSA) is 79.3 Å². The van der Waals surface area contributed by atoms with Crippen LogP contribution in [-0.4, -0.2) is 29.5 Å². The molecule has 1 aromatic heterocycles. The highest BCUT2D eigenvalue weighted by Gasteiger charge is 2.39. The zero-order valence-corrected chi connectivity index (χ0v) is 25.2. The minimum absolute atomic E-state index is 0.00195. The summed E-state index contributed by atoms with van der Waals surface area (Å²) in [5.74, 6) is -1.27. The Bertz CT molecular complexity index is 1480. The van der Waals surface area contributed by atoms with E-state index in [-0.39, 0.29) is 29.9 Å². The monoisotopic (exact) mass is 640 g/mol. The third-order valence-electron chi connectivity index (χ3n) is 8.23. The van der Waals surface area contributed by atoms with Crippen LogP contribution < -0.4 is 5.32 Å². The van der Waals surface area contributed by atoms with Gasteiger partial charge >= 0.3 is 18.3 Å². The lowest BCUT2D eigenvalue weighted by molar-refractivity contribution is -0.143. The SMILES string of the molecule is CNC=O.Cc1cc(F)ccc1-c1cc(C2CCC(CC(=O)O)CC2)ncc1C(C)(C)c1cc(C(F)(F)F)cc(C(F)(F)F)c1. The van der Waals surface area contributed by atoms with E-state index in [2.05, 4.69) is 10.3 Å². The second-order valence-corrected chi connectivity index (χ2v) is 11.8. The Balaban J connectivity index is 0.00000130. The zero-order valence-electron chi connectivity index (χ0n) is 25.2. The minimum atomic E-state index is -5.00. The normalized spacial score (nSPS) is 17.2. The van der Waals surface area contributed by atoms with Crippen molar-refractivity contribution >= 4 is 12.4 Å². The number of pyridine rings is 1. The van der Waals surface area contributed by atoms with Gasteiger partial charge in [-0.05, 0) is 103 Å². The highest BCUT2D eigenvalue weighted by molar-refractivity contribution is 5.73. The van der Waals surface area contributed by atoms with E-state index in [4.69, 9.17) is 9.90 Å². The van der Waals surface area contributed by atoms with Crippen LogP contribution in [-0.2, 0) is 27.4 Å². The van der Waals surface area contributed by atoms with Gasteiger partial charge in [0.1, 0.15) is 5.82 Å². The van der Waals surface area contributed by atoms with Crippen LogP contribution in [0.4, 0.5) is 30.7 Å². The molecule has 0 unspecified atom stereocenters. The lowest BCUT2D eigenvalue weighted by Crippen LogP contribution is -2.24. The van der Waals surface area contributed by atoms with Crippen LogP contribution in [0.5, 0.6) is 0 Å². The summed E-state index contributed by atoms with van der Waals surface area (Å²) in [6.45, 7) is 4.76. The number of carbonyl (C=O) groups excluding carboxylic acids is 1. The van der Waals surface area contributed by atoms with Gasteiger partial charge in [-0.25, -0.2) is 4.39 Å². The van der Waals surface area contributed by atoms with E-state index in [0.29, 0.717) is 60.0 Å². The van der Waals surface area contributed by atoms with Gasteiger partial charge in [0.15, 0.2) is 0 Å². The van der Waals surface area contributed by atoms with Crippen LogP contribution in [0, 0.1) is 18.7 Å². The van der Waals surface area contributed by atoms with Crippen molar-refractivity contribution in [2.75, 3.05) is 7.05 Å². The van der Waals surface area contributed by atoms with Crippen LogP contribution in [0.2, 0.25) is 0 Å². The van der Waals surface area contributed by atoms with Gasteiger partial charge in [-0.15, -0.1) is 0 Å². The second-order valence-electron chi connectivity index (χ2n) is 11.8. The summed E-state index contributed by atoms with van der Waals surface area (Å²) >= 11 is 0. The van der Waals surface area contributed by atoms with E-state index in [0.717, 1.165) is 12.1 Å². The van der Waals surface area contributed by atoms with Gasteiger partial charge in [-0.2, -0.15) is 26.3 Å². The predicted octanol–water partition coefficient (Wildman–Crippen LogP) is 8.67. The van der Waals surface area contributed by atoms with E-state index in [1.807, 2.05) is 0 Å². The Kier molecular flexibility index (Phi) is 11.0. The fourth-order valence-corrected chi connectivity index (χ4v) is 5.73. The van der Waals surface area contributed by atoms with Gasteiger partial charge in [0.2, 0.25) is 6.41 Å². The molecule has 1 fully saturated rings. The van der Waals surface area contributed by atoms with Crippen LogP contribution >= 0.6 is 0 Å². The quantitative estimate of drug-likeness (QED) is 0.200. The maximum Gasteiger partial charge on any atom is 0.416 e. The molecule has 1 heterocycles. The van der Waals surface area contributed by atoms with Gasteiger partial charge in [0.05, 0.1) is 11.1 Å². The number of aryl methyl sites for hydroxylation is 1. The molecule has 0 aliphatic heterocycles. The highest BCUT2D eigenvalue weighted by atomic mass is 19.4. The van der Waals surface area contributed by atoms with E-state index >= 15 is 0 Å². The molecule has 45 heavy (non-hydrogen) atoms. The molecule has 1 amide bonds. The molecule has 0 bridgehead atoms. The Morgan fingerprint density at radius 3 is 1.91 bits per heavy atom. The molecule has 2 aromatic carbocycles. The van der Waals surface area contributed by atoms with E-state index in [9.17, 15) is 35.5 Å². The van der Waals surface area contributed by atoms with Gasteiger partial charge in [-0.1, -0.05) is 19.9 Å². The first-order chi connectivity index (χ1) is 20.9. The van der Waals surface area contributed by atoms with Crippen LogP contribution in [0.3, 0.4) is 0 Å². The number of carboxylic acids is 1. The molecule has 0 saturated heterocycles. The van der Waals surface area contributed by atoms with Gasteiger partial charge in [-0.3, -0.25) is 14.6 Å². The van der Waals surface area contributed by atoms with Crippen LogP contribution in [0.1, 0.15) is 85.4 Å².